The maximum absolute atomic E-state index is 12.1. The average molecular weight is 236 g/mol. The van der Waals surface area contributed by atoms with Gasteiger partial charge in [0.15, 0.2) is 11.3 Å². The smallest absolute Gasteiger partial charge is 0.238 e. The van der Waals surface area contributed by atoms with E-state index in [1.165, 1.54) is 26.4 Å². The average Bonchev–Trinajstić information content (AvgIpc) is 2.29. The molecule has 0 atom stereocenters. The molecule has 1 N–H and O–H groups in total. The molecule has 0 bridgehead atoms. The summed E-state index contributed by atoms with van der Waals surface area (Å²) < 4.78 is 15.5. The summed E-state index contributed by atoms with van der Waals surface area (Å²) in [6.45, 7) is 1.61. The summed E-state index contributed by atoms with van der Waals surface area (Å²) in [5.41, 5.74) is -0.196. The lowest BCUT2D eigenvalue weighted by Gasteiger charge is -2.09. The van der Waals surface area contributed by atoms with E-state index >= 15 is 0 Å². The standard InChI is InChI=1S/C12H12O5/c1-6-11(16-3)10(14)9-7(13)4-5-8(15-2)12(9)17-6/h4-5,13H,1-3H3. The minimum absolute atomic E-state index is 0.0619. The van der Waals surface area contributed by atoms with Gasteiger partial charge in [0.25, 0.3) is 0 Å². The van der Waals surface area contributed by atoms with Crippen molar-refractivity contribution in [2.45, 2.75) is 6.92 Å². The number of aromatic hydroxyl groups is 1. The molecule has 1 aromatic heterocycles. The zero-order valence-corrected chi connectivity index (χ0v) is 9.73. The first-order valence-corrected chi connectivity index (χ1v) is 4.97. The first-order chi connectivity index (χ1) is 8.10. The summed E-state index contributed by atoms with van der Waals surface area (Å²) in [6, 6.07) is 2.92. The highest BCUT2D eigenvalue weighted by molar-refractivity contribution is 5.89. The Kier molecular flexibility index (Phi) is 2.67. The highest BCUT2D eigenvalue weighted by Gasteiger charge is 2.17. The quantitative estimate of drug-likeness (QED) is 0.861. The molecule has 0 unspecified atom stereocenters. The van der Waals surface area contributed by atoms with E-state index in [2.05, 4.69) is 0 Å². The molecule has 2 rings (SSSR count). The number of aryl methyl sites for hydroxylation is 1. The van der Waals surface area contributed by atoms with Crippen molar-refractivity contribution in [3.05, 3.63) is 28.1 Å². The SMILES string of the molecule is COc1c(C)oc2c(OC)ccc(O)c2c1=O. The summed E-state index contributed by atoms with van der Waals surface area (Å²) >= 11 is 0. The molecule has 1 heterocycles. The fourth-order valence-electron chi connectivity index (χ4n) is 1.74. The van der Waals surface area contributed by atoms with Crippen molar-refractivity contribution in [2.75, 3.05) is 14.2 Å². The summed E-state index contributed by atoms with van der Waals surface area (Å²) in [4.78, 5) is 12.1. The van der Waals surface area contributed by atoms with Crippen LogP contribution in [0.1, 0.15) is 5.76 Å². The van der Waals surface area contributed by atoms with Crippen LogP contribution in [0.25, 0.3) is 11.0 Å². The Morgan fingerprint density at radius 1 is 1.24 bits per heavy atom. The second-order valence-electron chi connectivity index (χ2n) is 3.51. The molecule has 90 valence electrons. The van der Waals surface area contributed by atoms with E-state index in [0.717, 1.165) is 0 Å². The predicted octanol–water partition coefficient (Wildman–Crippen LogP) is 1.82. The van der Waals surface area contributed by atoms with Gasteiger partial charge in [-0.15, -0.1) is 0 Å². The van der Waals surface area contributed by atoms with Gasteiger partial charge in [-0.2, -0.15) is 0 Å². The summed E-state index contributed by atoms with van der Waals surface area (Å²) in [5, 5.41) is 9.77. The third kappa shape index (κ3) is 1.60. The molecule has 0 aliphatic carbocycles. The van der Waals surface area contributed by atoms with Gasteiger partial charge in [-0.25, -0.2) is 0 Å². The number of hydrogen-bond donors (Lipinski definition) is 1. The second kappa shape index (κ2) is 4.01. The van der Waals surface area contributed by atoms with Gasteiger partial charge in [-0.3, -0.25) is 4.79 Å². The van der Waals surface area contributed by atoms with Gasteiger partial charge < -0.3 is 19.0 Å². The van der Waals surface area contributed by atoms with Crippen molar-refractivity contribution >= 4 is 11.0 Å². The van der Waals surface area contributed by atoms with Gasteiger partial charge in [0.2, 0.25) is 11.2 Å². The van der Waals surface area contributed by atoms with E-state index in [9.17, 15) is 9.90 Å². The van der Waals surface area contributed by atoms with Crippen LogP contribution in [0.2, 0.25) is 0 Å². The molecular formula is C12H12O5. The van der Waals surface area contributed by atoms with Crippen LogP contribution in [0.15, 0.2) is 21.3 Å². The van der Waals surface area contributed by atoms with Gasteiger partial charge in [0.05, 0.1) is 14.2 Å². The fraction of sp³-hybridized carbons (Fsp3) is 0.250. The molecule has 0 aliphatic heterocycles. The third-order valence-corrected chi connectivity index (χ3v) is 2.53. The van der Waals surface area contributed by atoms with Crippen molar-refractivity contribution in [2.24, 2.45) is 0 Å². The normalized spacial score (nSPS) is 10.5. The number of rotatable bonds is 2. The molecular weight excluding hydrogens is 224 g/mol. The molecule has 0 radical (unpaired) electrons. The third-order valence-electron chi connectivity index (χ3n) is 2.53. The number of ether oxygens (including phenoxy) is 2. The molecule has 2 aromatic rings. The van der Waals surface area contributed by atoms with Crippen LogP contribution in [0.5, 0.6) is 17.2 Å². The van der Waals surface area contributed by atoms with E-state index in [1.807, 2.05) is 0 Å². The fourth-order valence-corrected chi connectivity index (χ4v) is 1.74. The lowest BCUT2D eigenvalue weighted by Crippen LogP contribution is -2.08. The Labute approximate surface area is 97.2 Å². The van der Waals surface area contributed by atoms with Crippen molar-refractivity contribution < 1.29 is 19.0 Å². The monoisotopic (exact) mass is 236 g/mol. The zero-order chi connectivity index (χ0) is 12.6. The lowest BCUT2D eigenvalue weighted by atomic mass is 10.1. The van der Waals surface area contributed by atoms with E-state index in [4.69, 9.17) is 13.9 Å². The summed E-state index contributed by atoms with van der Waals surface area (Å²) in [6.07, 6.45) is 0. The Morgan fingerprint density at radius 3 is 2.53 bits per heavy atom. The van der Waals surface area contributed by atoms with Gasteiger partial charge in [0, 0.05) is 0 Å². The maximum atomic E-state index is 12.1. The van der Waals surface area contributed by atoms with Gasteiger partial charge in [0.1, 0.15) is 16.9 Å². The topological polar surface area (TPSA) is 68.9 Å². The Hall–Kier alpha value is -2.17. The second-order valence-corrected chi connectivity index (χ2v) is 3.51. The number of hydrogen-bond acceptors (Lipinski definition) is 5. The predicted molar refractivity (Wildman–Crippen MR) is 62.0 cm³/mol. The van der Waals surface area contributed by atoms with Gasteiger partial charge >= 0.3 is 0 Å². The highest BCUT2D eigenvalue weighted by Crippen LogP contribution is 2.32. The molecule has 0 aliphatic rings. The summed E-state index contributed by atoms with van der Waals surface area (Å²) in [7, 11) is 2.84. The van der Waals surface area contributed by atoms with Crippen LogP contribution in [-0.2, 0) is 0 Å². The van der Waals surface area contributed by atoms with Crippen molar-refractivity contribution in [3.8, 4) is 17.2 Å². The first-order valence-electron chi connectivity index (χ1n) is 4.97. The molecule has 5 heteroatoms. The lowest BCUT2D eigenvalue weighted by molar-refractivity contribution is 0.375. The maximum Gasteiger partial charge on any atom is 0.238 e. The van der Waals surface area contributed by atoms with Crippen molar-refractivity contribution in [3.63, 3.8) is 0 Å². The van der Waals surface area contributed by atoms with Crippen LogP contribution in [0.3, 0.4) is 0 Å². The molecule has 5 nitrogen and oxygen atoms in total. The first kappa shape index (κ1) is 11.3. The Balaban J connectivity index is 3.00. The van der Waals surface area contributed by atoms with Crippen LogP contribution < -0.4 is 14.9 Å². The number of fused-ring (bicyclic) bond motifs is 1. The number of phenolic OH excluding ortho intramolecular Hbond substituents is 1. The molecule has 1 aromatic carbocycles. The van der Waals surface area contributed by atoms with Crippen LogP contribution in [0.4, 0.5) is 0 Å². The van der Waals surface area contributed by atoms with Gasteiger partial charge in [-0.1, -0.05) is 0 Å². The summed E-state index contributed by atoms with van der Waals surface area (Å²) in [5.74, 6) is 0.656. The minimum atomic E-state index is -0.414. The number of benzene rings is 1. The van der Waals surface area contributed by atoms with Crippen LogP contribution in [-0.4, -0.2) is 19.3 Å². The molecule has 0 fully saturated rings. The molecule has 0 spiro atoms. The number of phenols is 1. The number of methoxy groups -OCH3 is 2. The van der Waals surface area contributed by atoms with Crippen LogP contribution in [0, 0.1) is 6.92 Å². The molecule has 0 saturated carbocycles. The van der Waals surface area contributed by atoms with Crippen molar-refractivity contribution in [1.29, 1.82) is 0 Å². The van der Waals surface area contributed by atoms with Crippen molar-refractivity contribution in [1.82, 2.24) is 0 Å². The molecule has 17 heavy (non-hydrogen) atoms. The largest absolute Gasteiger partial charge is 0.507 e. The highest BCUT2D eigenvalue weighted by atomic mass is 16.5. The van der Waals surface area contributed by atoms with Gasteiger partial charge in [-0.05, 0) is 19.1 Å². The Bertz CT molecular complexity index is 627. The van der Waals surface area contributed by atoms with Crippen LogP contribution >= 0.6 is 0 Å². The van der Waals surface area contributed by atoms with E-state index in [0.29, 0.717) is 11.5 Å². The van der Waals surface area contributed by atoms with E-state index in [1.54, 1.807) is 6.92 Å². The zero-order valence-electron chi connectivity index (χ0n) is 9.73. The van der Waals surface area contributed by atoms with E-state index < -0.39 is 5.43 Å². The molecule has 0 amide bonds. The van der Waals surface area contributed by atoms with E-state index in [-0.39, 0.29) is 22.5 Å². The Morgan fingerprint density at radius 2 is 1.94 bits per heavy atom. The molecule has 0 saturated heterocycles. The minimum Gasteiger partial charge on any atom is -0.507 e.